The van der Waals surface area contributed by atoms with Crippen LogP contribution in [-0.2, 0) is 14.9 Å². The van der Waals surface area contributed by atoms with Crippen molar-refractivity contribution in [2.24, 2.45) is 11.8 Å². The number of carbonyl (C=O) groups is 1. The molecule has 2 N–H and O–H groups in total. The minimum absolute atomic E-state index is 0.0482. The van der Waals surface area contributed by atoms with Crippen molar-refractivity contribution >= 4 is 5.97 Å². The first-order chi connectivity index (χ1) is 18.0. The Labute approximate surface area is 222 Å². The molecule has 0 aromatic heterocycles. The van der Waals surface area contributed by atoms with E-state index in [4.69, 9.17) is 9.84 Å². The van der Waals surface area contributed by atoms with Crippen LogP contribution in [0.1, 0.15) is 70.3 Å². The van der Waals surface area contributed by atoms with Gasteiger partial charge in [0.2, 0.25) is 0 Å². The number of carboxylic acid groups (broad SMARTS) is 1. The van der Waals surface area contributed by atoms with E-state index in [1.54, 1.807) is 0 Å². The predicted molar refractivity (Wildman–Crippen MR) is 149 cm³/mol. The second kappa shape index (κ2) is 13.2. The Bertz CT molecular complexity index is 1040. The third-order valence-corrected chi connectivity index (χ3v) is 8.27. The standard InChI is InChI=1S/C33H42O4/c1-2-3-7-14-28(34)21-22-29-30(15-10-4-5-11-16-32(35)36)33(23-31(29)37-24-33)27-19-17-26(18-20-27)25-12-8-6-9-13-25/h4,6,8-10,12-13,17-22,28-31,34H,2-3,5,7,11,14-16,23-24H2,1H3,(H,35,36)/b10-4-,22-21+/t28-,29+,30+,31+,33+/m1/s1. The van der Waals surface area contributed by atoms with E-state index in [-0.39, 0.29) is 23.9 Å². The van der Waals surface area contributed by atoms with Crippen LogP contribution < -0.4 is 0 Å². The summed E-state index contributed by atoms with van der Waals surface area (Å²) in [6.45, 7) is 2.91. The summed E-state index contributed by atoms with van der Waals surface area (Å²) in [6, 6.07) is 19.5. The zero-order valence-electron chi connectivity index (χ0n) is 22.1. The van der Waals surface area contributed by atoms with E-state index < -0.39 is 12.1 Å². The number of aliphatic hydroxyl groups is 1. The number of benzene rings is 2. The fourth-order valence-electron chi connectivity index (χ4n) is 6.24. The fraction of sp³-hybridized carbons (Fsp3) is 0.485. The predicted octanol–water partition coefficient (Wildman–Crippen LogP) is 7.32. The minimum Gasteiger partial charge on any atom is -0.481 e. The summed E-state index contributed by atoms with van der Waals surface area (Å²) in [4.78, 5) is 10.8. The second-order valence-electron chi connectivity index (χ2n) is 10.8. The molecular formula is C33H42O4. The van der Waals surface area contributed by atoms with Crippen molar-refractivity contribution in [1.82, 2.24) is 0 Å². The minimum atomic E-state index is -0.737. The summed E-state index contributed by atoms with van der Waals surface area (Å²) in [5.74, 6) is -0.102. The van der Waals surface area contributed by atoms with Gasteiger partial charge < -0.3 is 14.9 Å². The van der Waals surface area contributed by atoms with Crippen LogP contribution in [0.3, 0.4) is 0 Å². The summed E-state index contributed by atoms with van der Waals surface area (Å²) in [6.07, 6.45) is 16.1. The van der Waals surface area contributed by atoms with Gasteiger partial charge in [-0.2, -0.15) is 0 Å². The van der Waals surface area contributed by atoms with E-state index in [0.717, 1.165) is 51.6 Å². The van der Waals surface area contributed by atoms with Crippen LogP contribution in [0.25, 0.3) is 11.1 Å². The summed E-state index contributed by atoms with van der Waals surface area (Å²) < 4.78 is 6.35. The van der Waals surface area contributed by atoms with Crippen molar-refractivity contribution in [3.05, 3.63) is 84.5 Å². The average Bonchev–Trinajstić information content (AvgIpc) is 3.48. The molecule has 4 heteroatoms. The maximum Gasteiger partial charge on any atom is 0.303 e. The molecule has 0 spiro atoms. The van der Waals surface area contributed by atoms with Crippen molar-refractivity contribution < 1.29 is 19.7 Å². The van der Waals surface area contributed by atoms with Crippen LogP contribution in [0.4, 0.5) is 0 Å². The molecule has 4 rings (SSSR count). The first-order valence-electron chi connectivity index (χ1n) is 14.0. The lowest BCUT2D eigenvalue weighted by molar-refractivity contribution is -0.137. The van der Waals surface area contributed by atoms with Gasteiger partial charge in [0.05, 0.1) is 18.8 Å². The van der Waals surface area contributed by atoms with Crippen molar-refractivity contribution in [3.8, 4) is 11.1 Å². The van der Waals surface area contributed by atoms with Crippen LogP contribution in [-0.4, -0.2) is 35.0 Å². The molecule has 2 aromatic carbocycles. The molecule has 2 aromatic rings. The van der Waals surface area contributed by atoms with E-state index in [1.807, 2.05) is 12.1 Å². The Morgan fingerprint density at radius 1 is 1.05 bits per heavy atom. The number of carboxylic acids is 1. The zero-order chi connectivity index (χ0) is 26.1. The lowest BCUT2D eigenvalue weighted by Crippen LogP contribution is -2.39. The summed E-state index contributed by atoms with van der Waals surface area (Å²) in [7, 11) is 0. The first kappa shape index (κ1) is 27.3. The molecule has 1 heterocycles. The van der Waals surface area contributed by atoms with Gasteiger partial charge in [0.25, 0.3) is 0 Å². The third kappa shape index (κ3) is 6.80. The molecule has 198 valence electrons. The van der Waals surface area contributed by atoms with Crippen molar-refractivity contribution in [2.45, 2.75) is 82.3 Å². The van der Waals surface area contributed by atoms with Crippen molar-refractivity contribution in [1.29, 1.82) is 0 Å². The van der Waals surface area contributed by atoms with Crippen molar-refractivity contribution in [3.63, 3.8) is 0 Å². The molecule has 1 aliphatic carbocycles. The van der Waals surface area contributed by atoms with Gasteiger partial charge in [-0.25, -0.2) is 0 Å². The van der Waals surface area contributed by atoms with E-state index in [0.29, 0.717) is 12.3 Å². The van der Waals surface area contributed by atoms with Crippen LogP contribution in [0, 0.1) is 11.8 Å². The Hall–Kier alpha value is -2.69. The Balaban J connectivity index is 1.53. The molecule has 37 heavy (non-hydrogen) atoms. The Morgan fingerprint density at radius 2 is 1.81 bits per heavy atom. The van der Waals surface area contributed by atoms with Gasteiger partial charge in [-0.15, -0.1) is 0 Å². The smallest absolute Gasteiger partial charge is 0.303 e. The normalized spacial score (nSPS) is 25.8. The van der Waals surface area contributed by atoms with Gasteiger partial charge in [-0.05, 0) is 54.7 Å². The van der Waals surface area contributed by atoms with Crippen LogP contribution in [0.2, 0.25) is 0 Å². The quantitative estimate of drug-likeness (QED) is 0.210. The molecule has 1 aliphatic heterocycles. The number of aliphatic carboxylic acids is 1. The van der Waals surface area contributed by atoms with Crippen molar-refractivity contribution in [2.75, 3.05) is 6.61 Å². The van der Waals surface area contributed by atoms with Gasteiger partial charge in [0.15, 0.2) is 0 Å². The van der Waals surface area contributed by atoms with Gasteiger partial charge in [-0.3, -0.25) is 4.79 Å². The van der Waals surface area contributed by atoms with Gasteiger partial charge in [-0.1, -0.05) is 105 Å². The fourth-order valence-corrected chi connectivity index (χ4v) is 6.24. The summed E-state index contributed by atoms with van der Waals surface area (Å²) >= 11 is 0. The summed E-state index contributed by atoms with van der Waals surface area (Å²) in [5.41, 5.74) is 3.72. The lowest BCUT2D eigenvalue weighted by atomic mass is 9.69. The monoisotopic (exact) mass is 502 g/mol. The number of allylic oxidation sites excluding steroid dienone is 2. The number of fused-ring (bicyclic) bond motifs is 2. The van der Waals surface area contributed by atoms with Crippen LogP contribution in [0.5, 0.6) is 0 Å². The number of hydrogen-bond acceptors (Lipinski definition) is 3. The number of hydrogen-bond donors (Lipinski definition) is 2. The number of rotatable bonds is 14. The molecular weight excluding hydrogens is 460 g/mol. The molecule has 1 saturated carbocycles. The average molecular weight is 503 g/mol. The largest absolute Gasteiger partial charge is 0.481 e. The van der Waals surface area contributed by atoms with E-state index in [2.05, 4.69) is 73.7 Å². The number of unbranched alkanes of at least 4 members (excludes halogenated alkanes) is 3. The molecule has 1 saturated heterocycles. The molecule has 4 nitrogen and oxygen atoms in total. The Kier molecular flexibility index (Phi) is 9.76. The molecule has 0 radical (unpaired) electrons. The maximum atomic E-state index is 10.8. The zero-order valence-corrected chi connectivity index (χ0v) is 22.1. The highest BCUT2D eigenvalue weighted by Gasteiger charge is 2.58. The topological polar surface area (TPSA) is 66.8 Å². The highest BCUT2D eigenvalue weighted by molar-refractivity contribution is 5.66. The molecule has 2 fully saturated rings. The molecule has 2 bridgehead atoms. The molecule has 2 aliphatic rings. The van der Waals surface area contributed by atoms with E-state index in [9.17, 15) is 9.90 Å². The van der Waals surface area contributed by atoms with Crippen LogP contribution >= 0.6 is 0 Å². The lowest BCUT2D eigenvalue weighted by Gasteiger charge is -2.38. The Morgan fingerprint density at radius 3 is 2.54 bits per heavy atom. The van der Waals surface area contributed by atoms with Gasteiger partial charge >= 0.3 is 5.97 Å². The van der Waals surface area contributed by atoms with E-state index >= 15 is 0 Å². The first-order valence-corrected chi connectivity index (χ1v) is 14.0. The van der Waals surface area contributed by atoms with Gasteiger partial charge in [0.1, 0.15) is 0 Å². The van der Waals surface area contributed by atoms with Gasteiger partial charge in [0, 0.05) is 17.8 Å². The molecule has 0 amide bonds. The summed E-state index contributed by atoms with van der Waals surface area (Å²) in [5, 5.41) is 19.4. The SMILES string of the molecule is CCCCC[C@@H](O)/C=C/[C@@H]1[C@@H]2C[C@@](c3ccc(-c4ccccc4)cc3)(CO2)[C@H]1C/C=C\CCCC(=O)O. The highest BCUT2D eigenvalue weighted by Crippen LogP contribution is 2.57. The maximum absolute atomic E-state index is 10.8. The molecule has 0 unspecified atom stereocenters. The van der Waals surface area contributed by atoms with E-state index in [1.165, 1.54) is 16.7 Å². The third-order valence-electron chi connectivity index (χ3n) is 8.27. The second-order valence-corrected chi connectivity index (χ2v) is 10.8. The highest BCUT2D eigenvalue weighted by atomic mass is 16.5. The van der Waals surface area contributed by atoms with Crippen LogP contribution in [0.15, 0.2) is 78.9 Å². The molecule has 5 atom stereocenters. The number of aliphatic hydroxyl groups excluding tert-OH is 1. The number of ether oxygens (including phenoxy) is 1.